The van der Waals surface area contributed by atoms with E-state index in [1.54, 1.807) is 7.11 Å². The maximum atomic E-state index is 13.0. The quantitative estimate of drug-likeness (QED) is 0.594. The van der Waals surface area contributed by atoms with Crippen LogP contribution in [0.5, 0.6) is 0 Å². The first-order chi connectivity index (χ1) is 8.65. The Kier molecular flexibility index (Phi) is 6.10. The number of amides is 1. The largest absolute Gasteiger partial charge is 0.383 e. The van der Waals surface area contributed by atoms with Crippen LogP contribution in [-0.2, 0) is 4.74 Å². The Morgan fingerprint density at radius 2 is 2.17 bits per heavy atom. The van der Waals surface area contributed by atoms with Gasteiger partial charge in [-0.1, -0.05) is 0 Å². The Morgan fingerprint density at radius 1 is 1.39 bits per heavy atom. The number of carbonyl (C=O) groups excluding carboxylic acids is 1. The SMILES string of the molecule is COCCNCCNc1ccc(F)cc1C(N)=O. The van der Waals surface area contributed by atoms with Crippen molar-refractivity contribution < 1.29 is 13.9 Å². The van der Waals surface area contributed by atoms with Gasteiger partial charge in [0.2, 0.25) is 0 Å². The number of primary amides is 1. The van der Waals surface area contributed by atoms with E-state index in [1.165, 1.54) is 12.1 Å². The van der Waals surface area contributed by atoms with Crippen LogP contribution in [0, 0.1) is 5.82 Å². The highest BCUT2D eigenvalue weighted by Gasteiger charge is 2.08. The predicted molar refractivity (Wildman–Crippen MR) is 68.2 cm³/mol. The third-order valence-electron chi connectivity index (χ3n) is 2.35. The third-order valence-corrected chi connectivity index (χ3v) is 2.35. The molecule has 0 spiro atoms. The zero-order chi connectivity index (χ0) is 13.4. The molecule has 0 radical (unpaired) electrons. The molecular weight excluding hydrogens is 237 g/mol. The second-order valence-corrected chi connectivity index (χ2v) is 3.72. The van der Waals surface area contributed by atoms with Gasteiger partial charge in [-0.2, -0.15) is 0 Å². The summed E-state index contributed by atoms with van der Waals surface area (Å²) < 4.78 is 17.9. The number of halogens is 1. The zero-order valence-corrected chi connectivity index (χ0v) is 10.3. The number of anilines is 1. The number of hydrogen-bond donors (Lipinski definition) is 3. The lowest BCUT2D eigenvalue weighted by atomic mass is 10.1. The van der Waals surface area contributed by atoms with Gasteiger partial charge in [0, 0.05) is 32.4 Å². The van der Waals surface area contributed by atoms with Crippen molar-refractivity contribution in [3.05, 3.63) is 29.6 Å². The Bertz CT molecular complexity index is 399. The van der Waals surface area contributed by atoms with Crippen LogP contribution in [0.15, 0.2) is 18.2 Å². The van der Waals surface area contributed by atoms with Crippen LogP contribution in [0.25, 0.3) is 0 Å². The van der Waals surface area contributed by atoms with E-state index >= 15 is 0 Å². The van der Waals surface area contributed by atoms with Crippen molar-refractivity contribution in [2.24, 2.45) is 5.73 Å². The van der Waals surface area contributed by atoms with E-state index in [9.17, 15) is 9.18 Å². The summed E-state index contributed by atoms with van der Waals surface area (Å²) in [6.07, 6.45) is 0. The summed E-state index contributed by atoms with van der Waals surface area (Å²) >= 11 is 0. The van der Waals surface area contributed by atoms with E-state index in [2.05, 4.69) is 10.6 Å². The lowest BCUT2D eigenvalue weighted by Crippen LogP contribution is -2.26. The van der Waals surface area contributed by atoms with Crippen molar-refractivity contribution in [2.45, 2.75) is 0 Å². The van der Waals surface area contributed by atoms with Gasteiger partial charge in [0.25, 0.3) is 5.91 Å². The Morgan fingerprint density at radius 3 is 2.83 bits per heavy atom. The molecule has 0 bridgehead atoms. The number of methoxy groups -OCH3 is 1. The summed E-state index contributed by atoms with van der Waals surface area (Å²) in [6, 6.07) is 3.92. The minimum Gasteiger partial charge on any atom is -0.383 e. The fraction of sp³-hybridized carbons (Fsp3) is 0.417. The second-order valence-electron chi connectivity index (χ2n) is 3.72. The molecular formula is C12H18FN3O2. The van der Waals surface area contributed by atoms with Gasteiger partial charge in [0.1, 0.15) is 5.82 Å². The maximum absolute atomic E-state index is 13.0. The molecule has 0 heterocycles. The Balaban J connectivity index is 2.44. The molecule has 0 saturated carbocycles. The molecule has 0 aliphatic rings. The average molecular weight is 255 g/mol. The highest BCUT2D eigenvalue weighted by molar-refractivity contribution is 5.98. The van der Waals surface area contributed by atoms with Crippen LogP contribution in [0.1, 0.15) is 10.4 Å². The van der Waals surface area contributed by atoms with E-state index in [1.807, 2.05) is 0 Å². The second kappa shape index (κ2) is 7.62. The van der Waals surface area contributed by atoms with Gasteiger partial charge in [-0.25, -0.2) is 4.39 Å². The Labute approximate surface area is 106 Å². The summed E-state index contributed by atoms with van der Waals surface area (Å²) in [5, 5.41) is 6.17. The lowest BCUT2D eigenvalue weighted by Gasteiger charge is -2.10. The molecule has 0 atom stereocenters. The standard InChI is InChI=1S/C12H18FN3O2/c1-18-7-6-15-4-5-16-11-3-2-9(13)8-10(11)12(14)17/h2-3,8,15-16H,4-7H2,1H3,(H2,14,17). The summed E-state index contributed by atoms with van der Waals surface area (Å²) in [4.78, 5) is 11.1. The molecule has 18 heavy (non-hydrogen) atoms. The first kappa shape index (κ1) is 14.4. The number of hydrogen-bond acceptors (Lipinski definition) is 4. The van der Waals surface area contributed by atoms with Gasteiger partial charge in [-0.05, 0) is 18.2 Å². The van der Waals surface area contributed by atoms with E-state index in [-0.39, 0.29) is 5.56 Å². The molecule has 4 N–H and O–H groups in total. The molecule has 100 valence electrons. The topological polar surface area (TPSA) is 76.4 Å². The number of rotatable bonds is 8. The molecule has 1 amide bonds. The van der Waals surface area contributed by atoms with Gasteiger partial charge in [-0.15, -0.1) is 0 Å². The zero-order valence-electron chi connectivity index (χ0n) is 10.3. The number of carbonyl (C=O) groups is 1. The molecule has 0 aliphatic heterocycles. The van der Waals surface area contributed by atoms with Crippen LogP contribution in [0.3, 0.4) is 0 Å². The molecule has 1 rings (SSSR count). The smallest absolute Gasteiger partial charge is 0.250 e. The van der Waals surface area contributed by atoms with E-state index in [0.29, 0.717) is 25.4 Å². The fourth-order valence-corrected chi connectivity index (χ4v) is 1.46. The normalized spacial score (nSPS) is 10.3. The molecule has 0 unspecified atom stereocenters. The first-order valence-corrected chi connectivity index (χ1v) is 5.68. The van der Waals surface area contributed by atoms with Gasteiger partial charge >= 0.3 is 0 Å². The summed E-state index contributed by atoms with van der Waals surface area (Å²) in [7, 11) is 1.64. The molecule has 1 aromatic rings. The van der Waals surface area contributed by atoms with Crippen LogP contribution < -0.4 is 16.4 Å². The van der Waals surface area contributed by atoms with Crippen molar-refractivity contribution in [1.82, 2.24) is 5.32 Å². The average Bonchev–Trinajstić information content (AvgIpc) is 2.35. The van der Waals surface area contributed by atoms with Crippen LogP contribution in [-0.4, -0.2) is 39.3 Å². The monoisotopic (exact) mass is 255 g/mol. The van der Waals surface area contributed by atoms with E-state index in [0.717, 1.165) is 12.6 Å². The molecule has 0 aliphatic carbocycles. The molecule has 6 heteroatoms. The summed E-state index contributed by atoms with van der Waals surface area (Å²) in [6.45, 7) is 2.71. The number of nitrogens with one attached hydrogen (secondary N) is 2. The van der Waals surface area contributed by atoms with E-state index in [4.69, 9.17) is 10.5 Å². The van der Waals surface area contributed by atoms with E-state index < -0.39 is 11.7 Å². The molecule has 5 nitrogen and oxygen atoms in total. The first-order valence-electron chi connectivity index (χ1n) is 5.68. The van der Waals surface area contributed by atoms with Crippen molar-refractivity contribution >= 4 is 11.6 Å². The maximum Gasteiger partial charge on any atom is 0.250 e. The summed E-state index contributed by atoms with van der Waals surface area (Å²) in [5.41, 5.74) is 5.87. The number of nitrogens with two attached hydrogens (primary N) is 1. The van der Waals surface area contributed by atoms with Crippen molar-refractivity contribution in [3.8, 4) is 0 Å². The predicted octanol–water partition coefficient (Wildman–Crippen LogP) is 0.572. The molecule has 1 aromatic carbocycles. The minimum absolute atomic E-state index is 0.159. The molecule has 0 aromatic heterocycles. The van der Waals surface area contributed by atoms with Crippen molar-refractivity contribution in [1.29, 1.82) is 0 Å². The van der Waals surface area contributed by atoms with Crippen LogP contribution in [0.4, 0.5) is 10.1 Å². The van der Waals surface area contributed by atoms with Gasteiger partial charge in [0.15, 0.2) is 0 Å². The number of ether oxygens (including phenoxy) is 1. The highest BCUT2D eigenvalue weighted by atomic mass is 19.1. The Hall–Kier alpha value is -1.66. The highest BCUT2D eigenvalue weighted by Crippen LogP contribution is 2.15. The van der Waals surface area contributed by atoms with Crippen LogP contribution >= 0.6 is 0 Å². The number of benzene rings is 1. The minimum atomic E-state index is -0.649. The van der Waals surface area contributed by atoms with Crippen molar-refractivity contribution in [2.75, 3.05) is 38.7 Å². The van der Waals surface area contributed by atoms with Gasteiger partial charge in [0.05, 0.1) is 12.2 Å². The third kappa shape index (κ3) is 4.68. The summed E-state index contributed by atoms with van der Waals surface area (Å²) in [5.74, 6) is -1.13. The van der Waals surface area contributed by atoms with Gasteiger partial charge in [-0.3, -0.25) is 4.79 Å². The lowest BCUT2D eigenvalue weighted by molar-refractivity contribution is 0.100. The van der Waals surface area contributed by atoms with Crippen molar-refractivity contribution in [3.63, 3.8) is 0 Å². The molecule has 0 fully saturated rings. The molecule has 0 saturated heterocycles. The van der Waals surface area contributed by atoms with Gasteiger partial charge < -0.3 is 21.1 Å². The van der Waals surface area contributed by atoms with Crippen LogP contribution in [0.2, 0.25) is 0 Å². The fourth-order valence-electron chi connectivity index (χ4n) is 1.46.